The number of hydrogen-bond acceptors (Lipinski definition) is 1. The van der Waals surface area contributed by atoms with Crippen LogP contribution in [0.3, 0.4) is 0 Å². The van der Waals surface area contributed by atoms with Gasteiger partial charge in [-0.25, -0.2) is 0 Å². The van der Waals surface area contributed by atoms with Gasteiger partial charge in [0.05, 0.1) is 0 Å². The molecule has 10 rings (SSSR count). The van der Waals surface area contributed by atoms with Crippen molar-refractivity contribution in [3.8, 4) is 44.5 Å². The van der Waals surface area contributed by atoms with E-state index in [0.29, 0.717) is 0 Å². The lowest BCUT2D eigenvalue weighted by atomic mass is 9.85. The Hall–Kier alpha value is -6.02. The molecule has 0 radical (unpaired) electrons. The minimum Gasteiger partial charge on any atom is -0.135 e. The highest BCUT2D eigenvalue weighted by molar-refractivity contribution is 7.26. The van der Waals surface area contributed by atoms with Gasteiger partial charge in [-0.3, -0.25) is 0 Å². The fourth-order valence-corrected chi connectivity index (χ4v) is 8.99. The normalized spacial score (nSPS) is 11.7. The lowest BCUT2D eigenvalue weighted by Crippen LogP contribution is -1.91. The molecule has 228 valence electrons. The summed E-state index contributed by atoms with van der Waals surface area (Å²) >= 11 is 1.90. The number of benzene rings is 9. The first-order chi connectivity index (χ1) is 24.3. The topological polar surface area (TPSA) is 0 Å². The molecule has 0 N–H and O–H groups in total. The van der Waals surface area contributed by atoms with Crippen LogP contribution in [0.25, 0.3) is 97.0 Å². The van der Waals surface area contributed by atoms with E-state index in [1.807, 2.05) is 11.3 Å². The van der Waals surface area contributed by atoms with Gasteiger partial charge in [-0.2, -0.15) is 0 Å². The summed E-state index contributed by atoms with van der Waals surface area (Å²) in [6.07, 6.45) is 0. The Labute approximate surface area is 289 Å². The van der Waals surface area contributed by atoms with E-state index in [-0.39, 0.29) is 0 Å². The SMILES string of the molecule is c1ccc(-c2cccc(-c3c4ccccc4c(-c4cccc(-c5ccc6sc7c8ccccc8ccc7c6c5)c4)c4ccccc34)c2)cc1. The van der Waals surface area contributed by atoms with E-state index >= 15 is 0 Å². The zero-order chi connectivity index (χ0) is 32.3. The van der Waals surface area contributed by atoms with Crippen molar-refractivity contribution in [2.24, 2.45) is 0 Å². The number of thiophene rings is 1. The molecule has 10 aromatic rings. The van der Waals surface area contributed by atoms with Gasteiger partial charge in [0.25, 0.3) is 0 Å². The summed E-state index contributed by atoms with van der Waals surface area (Å²) in [6, 6.07) is 66.9. The molecule has 0 aliphatic carbocycles. The standard InChI is InChI=1S/C48H30S/c1-2-12-31(13-3-1)33-15-10-17-36(28-33)46-39-20-6-8-22-41(39)47(42-23-9-7-21-40(42)46)37-18-11-16-34(29-37)35-25-27-45-44(30-35)43-26-24-32-14-4-5-19-38(32)48(43)49-45/h1-30H. The van der Waals surface area contributed by atoms with Crippen molar-refractivity contribution in [2.45, 2.75) is 0 Å². The third kappa shape index (κ3) is 4.58. The summed E-state index contributed by atoms with van der Waals surface area (Å²) in [4.78, 5) is 0. The lowest BCUT2D eigenvalue weighted by molar-refractivity contribution is 1.61. The third-order valence-corrected chi connectivity index (χ3v) is 11.3. The van der Waals surface area contributed by atoms with Gasteiger partial charge in [0.2, 0.25) is 0 Å². The van der Waals surface area contributed by atoms with Gasteiger partial charge in [-0.1, -0.05) is 158 Å². The molecule has 49 heavy (non-hydrogen) atoms. The molecule has 0 atom stereocenters. The smallest absolute Gasteiger partial charge is 0.0433 e. The van der Waals surface area contributed by atoms with E-state index in [4.69, 9.17) is 0 Å². The Morgan fingerprint density at radius 3 is 1.39 bits per heavy atom. The van der Waals surface area contributed by atoms with Crippen LogP contribution in [0, 0.1) is 0 Å². The molecule has 1 heterocycles. The van der Waals surface area contributed by atoms with Crippen LogP contribution in [0.5, 0.6) is 0 Å². The predicted molar refractivity (Wildman–Crippen MR) is 214 cm³/mol. The molecular formula is C48H30S. The highest BCUT2D eigenvalue weighted by atomic mass is 32.1. The van der Waals surface area contributed by atoms with Crippen LogP contribution in [-0.4, -0.2) is 0 Å². The summed E-state index contributed by atoms with van der Waals surface area (Å²) in [5.74, 6) is 0. The molecule has 0 nitrogen and oxygen atoms in total. The average Bonchev–Trinajstić information content (AvgIpc) is 3.56. The largest absolute Gasteiger partial charge is 0.135 e. The minimum atomic E-state index is 1.23. The Kier molecular flexibility index (Phi) is 6.47. The molecule has 1 heteroatoms. The molecule has 0 spiro atoms. The minimum absolute atomic E-state index is 1.23. The van der Waals surface area contributed by atoms with E-state index in [2.05, 4.69) is 182 Å². The van der Waals surface area contributed by atoms with E-state index < -0.39 is 0 Å². The molecule has 0 aliphatic heterocycles. The maximum atomic E-state index is 2.39. The zero-order valence-corrected chi connectivity index (χ0v) is 27.5. The van der Waals surface area contributed by atoms with Crippen LogP contribution >= 0.6 is 11.3 Å². The van der Waals surface area contributed by atoms with Crippen molar-refractivity contribution < 1.29 is 0 Å². The third-order valence-electron chi connectivity index (χ3n) is 10.0. The first-order valence-corrected chi connectivity index (χ1v) is 17.7. The molecule has 0 saturated carbocycles. The van der Waals surface area contributed by atoms with Crippen LogP contribution in [0.15, 0.2) is 182 Å². The number of hydrogen-bond donors (Lipinski definition) is 0. The van der Waals surface area contributed by atoms with Crippen molar-refractivity contribution in [1.29, 1.82) is 0 Å². The second kappa shape index (κ2) is 11.3. The molecule has 0 aliphatic rings. The van der Waals surface area contributed by atoms with Crippen LogP contribution in [0.1, 0.15) is 0 Å². The van der Waals surface area contributed by atoms with Gasteiger partial charge in [0.1, 0.15) is 0 Å². The van der Waals surface area contributed by atoms with Gasteiger partial charge in [0, 0.05) is 20.2 Å². The van der Waals surface area contributed by atoms with Crippen molar-refractivity contribution in [2.75, 3.05) is 0 Å². The number of fused-ring (bicyclic) bond motifs is 7. The van der Waals surface area contributed by atoms with E-state index in [1.54, 1.807) is 0 Å². The van der Waals surface area contributed by atoms with Gasteiger partial charge >= 0.3 is 0 Å². The molecule has 0 bridgehead atoms. The van der Waals surface area contributed by atoms with Gasteiger partial charge in [-0.15, -0.1) is 11.3 Å². The fraction of sp³-hybridized carbons (Fsp3) is 0. The van der Waals surface area contributed by atoms with Crippen molar-refractivity contribution in [3.05, 3.63) is 182 Å². The molecule has 0 amide bonds. The van der Waals surface area contributed by atoms with E-state index in [9.17, 15) is 0 Å². The Morgan fingerprint density at radius 2 is 0.755 bits per heavy atom. The maximum absolute atomic E-state index is 2.39. The quantitative estimate of drug-likeness (QED) is 0.168. The molecule has 0 unspecified atom stereocenters. The van der Waals surface area contributed by atoms with Crippen LogP contribution < -0.4 is 0 Å². The molecule has 0 fully saturated rings. The van der Waals surface area contributed by atoms with Crippen LogP contribution in [-0.2, 0) is 0 Å². The molecule has 1 aromatic heterocycles. The van der Waals surface area contributed by atoms with Gasteiger partial charge in [0.15, 0.2) is 0 Å². The zero-order valence-electron chi connectivity index (χ0n) is 26.7. The molecule has 9 aromatic carbocycles. The molecular weight excluding hydrogens is 609 g/mol. The monoisotopic (exact) mass is 638 g/mol. The van der Waals surface area contributed by atoms with Crippen molar-refractivity contribution >= 4 is 63.8 Å². The summed E-state index contributed by atoms with van der Waals surface area (Å²) in [5.41, 5.74) is 9.96. The highest BCUT2D eigenvalue weighted by Crippen LogP contribution is 2.45. The maximum Gasteiger partial charge on any atom is 0.0433 e. The van der Waals surface area contributed by atoms with Crippen LogP contribution in [0.2, 0.25) is 0 Å². The Balaban J connectivity index is 1.16. The lowest BCUT2D eigenvalue weighted by Gasteiger charge is -2.18. The van der Waals surface area contributed by atoms with Crippen molar-refractivity contribution in [1.82, 2.24) is 0 Å². The summed E-state index contributed by atoms with van der Waals surface area (Å²) in [6.45, 7) is 0. The highest BCUT2D eigenvalue weighted by Gasteiger charge is 2.18. The first kappa shape index (κ1) is 28.0. The number of rotatable bonds is 4. The van der Waals surface area contributed by atoms with E-state index in [1.165, 1.54) is 97.0 Å². The van der Waals surface area contributed by atoms with Gasteiger partial charge in [-0.05, 0) is 101 Å². The molecule has 0 saturated heterocycles. The van der Waals surface area contributed by atoms with E-state index in [0.717, 1.165) is 0 Å². The van der Waals surface area contributed by atoms with Gasteiger partial charge < -0.3 is 0 Å². The summed E-state index contributed by atoms with van der Waals surface area (Å²) < 4.78 is 2.70. The Morgan fingerprint density at radius 1 is 0.265 bits per heavy atom. The van der Waals surface area contributed by atoms with Crippen molar-refractivity contribution in [3.63, 3.8) is 0 Å². The summed E-state index contributed by atoms with van der Waals surface area (Å²) in [5, 5.41) is 10.4. The predicted octanol–water partition coefficient (Wildman–Crippen LogP) is 14.2. The average molecular weight is 639 g/mol. The Bertz CT molecular complexity index is 2820. The second-order valence-electron chi connectivity index (χ2n) is 12.8. The first-order valence-electron chi connectivity index (χ1n) is 16.8. The van der Waals surface area contributed by atoms with Crippen LogP contribution in [0.4, 0.5) is 0 Å². The summed E-state index contributed by atoms with van der Waals surface area (Å²) in [7, 11) is 0. The second-order valence-corrected chi connectivity index (χ2v) is 13.9. The fourth-order valence-electron chi connectivity index (χ4n) is 7.77.